The number of ether oxygens (including phenoxy) is 1. The Balaban J connectivity index is 1.93. The van der Waals surface area contributed by atoms with E-state index in [0.717, 1.165) is 21.3 Å². The molecular weight excluding hydrogens is 376 g/mol. The second-order valence-electron chi connectivity index (χ2n) is 5.96. The minimum atomic E-state index is -0.286. The topological polar surface area (TPSA) is 84.8 Å². The molecule has 0 aliphatic rings. The van der Waals surface area contributed by atoms with E-state index in [1.54, 1.807) is 0 Å². The highest BCUT2D eigenvalue weighted by atomic mass is 32.1. The van der Waals surface area contributed by atoms with Crippen molar-refractivity contribution in [1.29, 1.82) is 0 Å². The number of fused-ring (bicyclic) bond motifs is 1. The Bertz CT molecular complexity index is 986. The summed E-state index contributed by atoms with van der Waals surface area (Å²) in [5.41, 5.74) is 3.35. The monoisotopic (exact) mass is 398 g/mol. The van der Waals surface area contributed by atoms with Gasteiger partial charge in [-0.25, -0.2) is 9.78 Å². The molecule has 0 fully saturated rings. The predicted molar refractivity (Wildman–Crippen MR) is 112 cm³/mol. The van der Waals surface area contributed by atoms with Gasteiger partial charge in [0.2, 0.25) is 0 Å². The molecule has 0 radical (unpaired) electrons. The van der Waals surface area contributed by atoms with Crippen molar-refractivity contribution in [2.45, 2.75) is 20.5 Å². The van der Waals surface area contributed by atoms with Crippen molar-refractivity contribution < 1.29 is 14.4 Å². The highest BCUT2D eigenvalue weighted by Gasteiger charge is 2.15. The van der Waals surface area contributed by atoms with Crippen LogP contribution in [-0.4, -0.2) is 30.4 Å². The highest BCUT2D eigenvalue weighted by molar-refractivity contribution is 7.22. The van der Waals surface area contributed by atoms with Gasteiger partial charge in [-0.2, -0.15) is 0 Å². The summed E-state index contributed by atoms with van der Waals surface area (Å²) in [6.07, 6.45) is 0. The number of nitrogens with one attached hydrogen (secondary N) is 2. The Kier molecular flexibility index (Phi) is 6.44. The van der Waals surface area contributed by atoms with E-state index in [1.807, 2.05) is 56.3 Å². The fraction of sp³-hybridized carbons (Fsp3) is 0.250. The van der Waals surface area contributed by atoms with Gasteiger partial charge in [-0.1, -0.05) is 46.8 Å². The maximum Gasteiger partial charge on any atom is 0.321 e. The lowest BCUT2D eigenvalue weighted by Gasteiger charge is -2.09. The zero-order chi connectivity index (χ0) is 19.9. The Morgan fingerprint density at radius 3 is 2.75 bits per heavy atom. The van der Waals surface area contributed by atoms with Gasteiger partial charge < -0.3 is 14.9 Å². The fourth-order valence-electron chi connectivity index (χ4n) is 2.64. The van der Waals surface area contributed by atoms with Crippen LogP contribution in [0, 0.1) is 0 Å². The third-order valence-electron chi connectivity index (χ3n) is 3.89. The predicted octanol–water partition coefficient (Wildman–Crippen LogP) is 4.39. The number of amides is 2. The van der Waals surface area contributed by atoms with Crippen LogP contribution in [-0.2, 0) is 11.4 Å². The lowest BCUT2D eigenvalue weighted by atomic mass is 10.1. The van der Waals surface area contributed by atoms with Crippen LogP contribution in [0.25, 0.3) is 10.2 Å². The van der Waals surface area contributed by atoms with Crippen molar-refractivity contribution in [3.8, 4) is 5.75 Å². The zero-order valence-electron chi connectivity index (χ0n) is 16.0. The molecular formula is C20H22N4O3S. The molecule has 1 aromatic heterocycles. The SMILES string of the molecule is CCNC(=O)Nc1nc2cc(OCc3ccccc3)cc(C(C)=NOC)c2s1. The fourth-order valence-corrected chi connectivity index (χ4v) is 3.65. The molecule has 28 heavy (non-hydrogen) atoms. The van der Waals surface area contributed by atoms with Gasteiger partial charge in [-0.05, 0) is 25.5 Å². The molecule has 1 heterocycles. The molecule has 7 nitrogen and oxygen atoms in total. The molecule has 0 saturated carbocycles. The number of carbonyl (C=O) groups is 1. The minimum Gasteiger partial charge on any atom is -0.489 e. The van der Waals surface area contributed by atoms with Crippen LogP contribution >= 0.6 is 11.3 Å². The van der Waals surface area contributed by atoms with Crippen LogP contribution in [0.2, 0.25) is 0 Å². The van der Waals surface area contributed by atoms with Gasteiger partial charge in [0.15, 0.2) is 5.13 Å². The Morgan fingerprint density at radius 1 is 1.25 bits per heavy atom. The zero-order valence-corrected chi connectivity index (χ0v) is 16.8. The number of oxime groups is 1. The van der Waals surface area contributed by atoms with E-state index in [4.69, 9.17) is 9.57 Å². The Hall–Kier alpha value is -3.13. The maximum absolute atomic E-state index is 11.8. The molecule has 0 unspecified atom stereocenters. The van der Waals surface area contributed by atoms with Crippen molar-refractivity contribution in [2.24, 2.45) is 5.16 Å². The van der Waals surface area contributed by atoms with E-state index in [-0.39, 0.29) is 6.03 Å². The molecule has 0 spiro atoms. The third kappa shape index (κ3) is 4.77. The number of hydrogen-bond donors (Lipinski definition) is 2. The van der Waals surface area contributed by atoms with E-state index in [9.17, 15) is 4.79 Å². The van der Waals surface area contributed by atoms with Crippen molar-refractivity contribution in [1.82, 2.24) is 10.3 Å². The molecule has 146 valence electrons. The number of hydrogen-bond acceptors (Lipinski definition) is 6. The van der Waals surface area contributed by atoms with Crippen molar-refractivity contribution >= 4 is 38.4 Å². The Labute approximate surface area is 167 Å². The van der Waals surface area contributed by atoms with Gasteiger partial charge in [0.25, 0.3) is 0 Å². The molecule has 3 rings (SSSR count). The minimum absolute atomic E-state index is 0.286. The summed E-state index contributed by atoms with van der Waals surface area (Å²) in [6.45, 7) is 4.70. The van der Waals surface area contributed by atoms with Crippen molar-refractivity contribution in [2.75, 3.05) is 19.0 Å². The van der Waals surface area contributed by atoms with Crippen LogP contribution in [0.1, 0.15) is 25.0 Å². The van der Waals surface area contributed by atoms with Gasteiger partial charge in [-0.3, -0.25) is 5.32 Å². The first kappa shape index (κ1) is 19.6. The summed E-state index contributed by atoms with van der Waals surface area (Å²) in [6, 6.07) is 13.4. The smallest absolute Gasteiger partial charge is 0.321 e. The molecule has 0 bridgehead atoms. The van der Waals surface area contributed by atoms with E-state index < -0.39 is 0 Å². The first-order chi connectivity index (χ1) is 13.6. The molecule has 8 heteroatoms. The van der Waals surface area contributed by atoms with Crippen LogP contribution in [0.5, 0.6) is 5.75 Å². The van der Waals surface area contributed by atoms with E-state index >= 15 is 0 Å². The summed E-state index contributed by atoms with van der Waals surface area (Å²) in [7, 11) is 1.51. The molecule has 2 N–H and O–H groups in total. The Morgan fingerprint density at radius 2 is 2.04 bits per heavy atom. The van der Waals surface area contributed by atoms with Crippen LogP contribution < -0.4 is 15.4 Å². The summed E-state index contributed by atoms with van der Waals surface area (Å²) in [5, 5.41) is 10.00. The molecule has 3 aromatic rings. The number of aromatic nitrogens is 1. The number of nitrogens with zero attached hydrogens (tertiary/aromatic N) is 2. The normalized spacial score (nSPS) is 11.3. The number of rotatable bonds is 7. The summed E-state index contributed by atoms with van der Waals surface area (Å²) < 4.78 is 6.87. The molecule has 0 aliphatic heterocycles. The first-order valence-electron chi connectivity index (χ1n) is 8.85. The van der Waals surface area contributed by atoms with Gasteiger partial charge in [0.1, 0.15) is 19.5 Å². The highest BCUT2D eigenvalue weighted by Crippen LogP contribution is 2.33. The average molecular weight is 398 g/mol. The number of carbonyl (C=O) groups excluding carboxylic acids is 1. The molecule has 2 amide bonds. The molecule has 0 atom stereocenters. The molecule has 0 saturated heterocycles. The van der Waals surface area contributed by atoms with Crippen molar-refractivity contribution in [3.05, 3.63) is 53.6 Å². The second-order valence-corrected chi connectivity index (χ2v) is 6.96. The largest absolute Gasteiger partial charge is 0.489 e. The van der Waals surface area contributed by atoms with Crippen LogP contribution in [0.4, 0.5) is 9.93 Å². The van der Waals surface area contributed by atoms with E-state index in [2.05, 4.69) is 20.8 Å². The molecule has 0 aliphatic carbocycles. The number of benzene rings is 2. The second kappa shape index (κ2) is 9.18. The lowest BCUT2D eigenvalue weighted by Crippen LogP contribution is -2.28. The van der Waals surface area contributed by atoms with E-state index in [1.165, 1.54) is 18.4 Å². The lowest BCUT2D eigenvalue weighted by molar-refractivity contribution is 0.213. The number of anilines is 1. The van der Waals surface area contributed by atoms with Crippen molar-refractivity contribution in [3.63, 3.8) is 0 Å². The van der Waals surface area contributed by atoms with E-state index in [0.29, 0.717) is 29.7 Å². The number of thiazole rings is 1. The van der Waals surface area contributed by atoms with Gasteiger partial charge in [-0.15, -0.1) is 0 Å². The van der Waals surface area contributed by atoms with Crippen LogP contribution in [0.3, 0.4) is 0 Å². The number of urea groups is 1. The standard InChI is InChI=1S/C20H22N4O3S/c1-4-21-19(25)23-20-22-17-11-15(27-12-14-8-6-5-7-9-14)10-16(18(17)28-20)13(2)24-26-3/h5-11H,4,12H2,1-3H3,(H2,21,22,23,25). The maximum atomic E-state index is 11.8. The van der Waals surface area contributed by atoms with Gasteiger partial charge in [0, 0.05) is 18.2 Å². The third-order valence-corrected chi connectivity index (χ3v) is 4.91. The van der Waals surface area contributed by atoms with Gasteiger partial charge >= 0.3 is 6.03 Å². The first-order valence-corrected chi connectivity index (χ1v) is 9.66. The van der Waals surface area contributed by atoms with Crippen LogP contribution in [0.15, 0.2) is 47.6 Å². The summed E-state index contributed by atoms with van der Waals surface area (Å²) in [4.78, 5) is 21.3. The average Bonchev–Trinajstić information content (AvgIpc) is 3.09. The quantitative estimate of drug-likeness (QED) is 0.457. The molecule has 2 aromatic carbocycles. The van der Waals surface area contributed by atoms with Gasteiger partial charge in [0.05, 0.1) is 15.9 Å². The summed E-state index contributed by atoms with van der Waals surface area (Å²) >= 11 is 1.38. The summed E-state index contributed by atoms with van der Waals surface area (Å²) in [5.74, 6) is 0.673.